The summed E-state index contributed by atoms with van der Waals surface area (Å²) in [5.74, 6) is -6.49. The molecule has 1 unspecified atom stereocenters. The third-order valence-electron chi connectivity index (χ3n) is 6.34. The van der Waals surface area contributed by atoms with Crippen molar-refractivity contribution in [2.24, 2.45) is 5.92 Å². The predicted molar refractivity (Wildman–Crippen MR) is 138 cm³/mol. The summed E-state index contributed by atoms with van der Waals surface area (Å²) in [6.07, 6.45) is -4.06. The first-order valence-corrected chi connectivity index (χ1v) is 13.0. The maximum Gasteiger partial charge on any atom is 0.374 e. The maximum absolute atomic E-state index is 13.9. The Kier molecular flexibility index (Phi) is 9.38. The Morgan fingerprint density at radius 3 is 2.31 bits per heavy atom. The summed E-state index contributed by atoms with van der Waals surface area (Å²) in [6, 6.07) is 5.48. The minimum atomic E-state index is -3.06. The van der Waals surface area contributed by atoms with Gasteiger partial charge in [0.25, 0.3) is 5.78 Å². The van der Waals surface area contributed by atoms with E-state index in [1.165, 1.54) is 0 Å². The SMILES string of the molecule is CC(C)C[C@H](NC(=O)C1(Cc2ccsc2C(=O)O)Cc2ccccc2N1)C(=O)N[C@@H](CC(F)F)C(=O)C(=O)O. The van der Waals surface area contributed by atoms with Crippen molar-refractivity contribution in [3.8, 4) is 0 Å². The number of carbonyl (C=O) groups is 5. The van der Waals surface area contributed by atoms with Crippen molar-refractivity contribution in [2.75, 3.05) is 5.32 Å². The summed E-state index contributed by atoms with van der Waals surface area (Å²) in [7, 11) is 0. The van der Waals surface area contributed by atoms with E-state index in [9.17, 15) is 37.9 Å². The van der Waals surface area contributed by atoms with Crippen molar-refractivity contribution in [1.29, 1.82) is 0 Å². The average Bonchev–Trinajstić information content (AvgIpc) is 3.47. The van der Waals surface area contributed by atoms with Crippen molar-refractivity contribution >= 4 is 46.6 Å². The number of carbonyl (C=O) groups excluding carboxylic acids is 3. The van der Waals surface area contributed by atoms with Gasteiger partial charge in [-0.15, -0.1) is 11.3 Å². The molecule has 1 aliphatic heterocycles. The van der Waals surface area contributed by atoms with Gasteiger partial charge in [0.05, 0.1) is 0 Å². The fraction of sp³-hybridized carbons (Fsp3) is 0.423. The van der Waals surface area contributed by atoms with Crippen LogP contribution in [0, 0.1) is 5.92 Å². The number of thiophene rings is 1. The van der Waals surface area contributed by atoms with Crippen molar-refractivity contribution in [1.82, 2.24) is 10.6 Å². The summed E-state index contributed by atoms with van der Waals surface area (Å²) in [6.45, 7) is 3.52. The quantitative estimate of drug-likeness (QED) is 0.232. The van der Waals surface area contributed by atoms with Gasteiger partial charge in [-0.25, -0.2) is 18.4 Å². The van der Waals surface area contributed by atoms with Gasteiger partial charge < -0.3 is 26.2 Å². The number of amides is 2. The van der Waals surface area contributed by atoms with Crippen molar-refractivity contribution in [2.45, 2.75) is 63.6 Å². The van der Waals surface area contributed by atoms with Gasteiger partial charge in [0, 0.05) is 24.9 Å². The molecule has 3 rings (SSSR count). The molecule has 0 bridgehead atoms. The number of nitrogens with one attached hydrogen (secondary N) is 3. The summed E-state index contributed by atoms with van der Waals surface area (Å²) in [4.78, 5) is 61.8. The number of hydrogen-bond donors (Lipinski definition) is 5. The van der Waals surface area contributed by atoms with Gasteiger partial charge in [0.1, 0.15) is 22.5 Å². The van der Waals surface area contributed by atoms with E-state index in [0.29, 0.717) is 11.3 Å². The number of rotatable bonds is 13. The highest BCUT2D eigenvalue weighted by Gasteiger charge is 2.46. The van der Waals surface area contributed by atoms with Crippen LogP contribution in [0.2, 0.25) is 0 Å². The summed E-state index contributed by atoms with van der Waals surface area (Å²) in [5.41, 5.74) is 0.489. The zero-order chi connectivity index (χ0) is 28.9. The first-order chi connectivity index (χ1) is 18.3. The topological polar surface area (TPSA) is 162 Å². The number of aliphatic carboxylic acids is 1. The lowest BCUT2D eigenvalue weighted by Crippen LogP contribution is -2.60. The van der Waals surface area contributed by atoms with Crippen LogP contribution in [-0.4, -0.2) is 63.8 Å². The number of aromatic carboxylic acids is 1. The molecule has 0 aliphatic carbocycles. The van der Waals surface area contributed by atoms with E-state index in [4.69, 9.17) is 5.11 Å². The smallest absolute Gasteiger partial charge is 0.374 e. The van der Waals surface area contributed by atoms with E-state index in [1.54, 1.807) is 43.5 Å². The van der Waals surface area contributed by atoms with Crippen LogP contribution in [0.3, 0.4) is 0 Å². The molecule has 13 heteroatoms. The van der Waals surface area contributed by atoms with Crippen LogP contribution in [0.5, 0.6) is 0 Å². The lowest BCUT2D eigenvalue weighted by molar-refractivity contribution is -0.151. The molecule has 1 aromatic heterocycles. The lowest BCUT2D eigenvalue weighted by Gasteiger charge is -2.32. The number of carboxylic acid groups (broad SMARTS) is 2. The molecule has 0 saturated heterocycles. The number of hydrogen-bond acceptors (Lipinski definition) is 7. The van der Waals surface area contributed by atoms with Crippen LogP contribution in [-0.2, 0) is 32.0 Å². The van der Waals surface area contributed by atoms with Crippen molar-refractivity contribution < 1.29 is 43.0 Å². The standard InChI is InChI=1S/C26H29F2N3O7S/c1-13(2)9-18(22(33)29-17(10-19(27)28)20(32)23(34)35)30-25(38)26(11-14-5-3-4-6-16(14)31-26)12-15-7-8-39-21(15)24(36)37/h3-8,13,17-19,31H,9-12H2,1-2H3,(H,29,33)(H,30,38)(H,34,35)(H,36,37)/t17-,18-,26?/m0/s1. The molecule has 5 N–H and O–H groups in total. The van der Waals surface area contributed by atoms with Gasteiger partial charge in [-0.1, -0.05) is 32.0 Å². The Morgan fingerprint density at radius 2 is 1.72 bits per heavy atom. The number of para-hydroxylation sites is 1. The zero-order valence-corrected chi connectivity index (χ0v) is 22.0. The number of halogens is 2. The Bertz CT molecular complexity index is 1240. The van der Waals surface area contributed by atoms with Crippen LogP contribution in [0.15, 0.2) is 35.7 Å². The Labute approximate surface area is 226 Å². The van der Waals surface area contributed by atoms with Crippen molar-refractivity contribution in [3.05, 3.63) is 51.7 Å². The van der Waals surface area contributed by atoms with Gasteiger partial charge in [0.15, 0.2) is 0 Å². The molecular weight excluding hydrogens is 536 g/mol. The summed E-state index contributed by atoms with van der Waals surface area (Å²) in [5, 5.41) is 28.1. The molecule has 0 saturated carbocycles. The van der Waals surface area contributed by atoms with Gasteiger partial charge >= 0.3 is 11.9 Å². The van der Waals surface area contributed by atoms with Crippen LogP contribution < -0.4 is 16.0 Å². The highest BCUT2D eigenvalue weighted by atomic mass is 32.1. The molecule has 10 nitrogen and oxygen atoms in total. The summed E-state index contributed by atoms with van der Waals surface area (Å²) < 4.78 is 26.0. The Balaban J connectivity index is 1.91. The molecule has 210 valence electrons. The minimum absolute atomic E-state index is 0.0276. The Hall–Kier alpha value is -3.87. The fourth-order valence-electron chi connectivity index (χ4n) is 4.57. The highest BCUT2D eigenvalue weighted by molar-refractivity contribution is 7.12. The molecule has 2 amide bonds. The molecule has 2 heterocycles. The minimum Gasteiger partial charge on any atom is -0.477 e. The number of ketones is 1. The van der Waals surface area contributed by atoms with Crippen LogP contribution in [0.4, 0.5) is 14.5 Å². The van der Waals surface area contributed by atoms with Gasteiger partial charge in [0.2, 0.25) is 18.2 Å². The molecule has 0 fully saturated rings. The molecule has 0 radical (unpaired) electrons. The molecular formula is C26H29F2N3O7S. The van der Waals surface area contributed by atoms with Crippen LogP contribution >= 0.6 is 11.3 Å². The van der Waals surface area contributed by atoms with E-state index in [-0.39, 0.29) is 30.1 Å². The van der Waals surface area contributed by atoms with Gasteiger partial charge in [-0.2, -0.15) is 0 Å². The molecule has 0 spiro atoms. The molecule has 3 atom stereocenters. The van der Waals surface area contributed by atoms with Crippen molar-refractivity contribution in [3.63, 3.8) is 0 Å². The second-order valence-corrected chi connectivity index (χ2v) is 10.7. The van der Waals surface area contributed by atoms with E-state index >= 15 is 0 Å². The molecule has 2 aromatic rings. The second-order valence-electron chi connectivity index (χ2n) is 9.81. The first-order valence-electron chi connectivity index (χ1n) is 12.2. The zero-order valence-electron chi connectivity index (χ0n) is 21.2. The fourth-order valence-corrected chi connectivity index (χ4v) is 5.33. The van der Waals surface area contributed by atoms with Gasteiger partial charge in [-0.05, 0) is 41.0 Å². The van der Waals surface area contributed by atoms with E-state index in [0.717, 1.165) is 16.9 Å². The third kappa shape index (κ3) is 7.16. The predicted octanol–water partition coefficient (Wildman–Crippen LogP) is 2.72. The largest absolute Gasteiger partial charge is 0.477 e. The van der Waals surface area contributed by atoms with E-state index in [2.05, 4.69) is 16.0 Å². The first kappa shape index (κ1) is 29.7. The second kappa shape index (κ2) is 12.3. The lowest BCUT2D eigenvalue weighted by atomic mass is 9.86. The summed E-state index contributed by atoms with van der Waals surface area (Å²) >= 11 is 1.01. The van der Waals surface area contributed by atoms with Gasteiger partial charge in [-0.3, -0.25) is 14.4 Å². The maximum atomic E-state index is 13.9. The normalized spacial score (nSPS) is 17.7. The number of alkyl halides is 2. The van der Waals surface area contributed by atoms with E-state index in [1.807, 2.05) is 6.07 Å². The highest BCUT2D eigenvalue weighted by Crippen LogP contribution is 2.36. The average molecular weight is 566 g/mol. The van der Waals surface area contributed by atoms with E-state index < -0.39 is 60.0 Å². The number of carboxylic acids is 2. The van der Waals surface area contributed by atoms with Crippen LogP contribution in [0.1, 0.15) is 47.5 Å². The third-order valence-corrected chi connectivity index (χ3v) is 7.28. The molecule has 1 aliphatic rings. The monoisotopic (exact) mass is 565 g/mol. The van der Waals surface area contributed by atoms with Crippen LogP contribution in [0.25, 0.3) is 0 Å². The number of Topliss-reactive ketones (excluding diaryl/α,β-unsaturated/α-hetero) is 1. The molecule has 1 aromatic carbocycles. The number of anilines is 1. The Morgan fingerprint density at radius 1 is 1.03 bits per heavy atom. The number of fused-ring (bicyclic) bond motifs is 1. The number of benzene rings is 1. The molecule has 39 heavy (non-hydrogen) atoms.